The van der Waals surface area contributed by atoms with Crippen molar-refractivity contribution in [1.29, 1.82) is 0 Å². The molecule has 0 heterocycles. The van der Waals surface area contributed by atoms with Gasteiger partial charge in [-0.25, -0.2) is 4.39 Å². The van der Waals surface area contributed by atoms with E-state index < -0.39 is 21.8 Å². The first kappa shape index (κ1) is 10.4. The summed E-state index contributed by atoms with van der Waals surface area (Å²) in [6.45, 7) is 0. The number of nitro groups is 1. The van der Waals surface area contributed by atoms with Gasteiger partial charge in [-0.15, -0.1) is 0 Å². The average molecular weight is 219 g/mol. The van der Waals surface area contributed by atoms with Crippen molar-refractivity contribution >= 4 is 28.3 Å². The van der Waals surface area contributed by atoms with Crippen LogP contribution < -0.4 is 5.32 Å². The highest BCUT2D eigenvalue weighted by molar-refractivity contribution is 6.65. The van der Waals surface area contributed by atoms with Crippen molar-refractivity contribution in [3.05, 3.63) is 34.1 Å². The van der Waals surface area contributed by atoms with Crippen LogP contribution in [0.4, 0.5) is 20.6 Å². The van der Waals surface area contributed by atoms with Gasteiger partial charge in [-0.3, -0.25) is 14.9 Å². The van der Waals surface area contributed by atoms with Gasteiger partial charge in [0.15, 0.2) is 5.82 Å². The molecular formula is C7H4ClFN2O3. The Morgan fingerprint density at radius 3 is 2.64 bits per heavy atom. The number of benzene rings is 1. The maximum absolute atomic E-state index is 13.0. The zero-order valence-corrected chi connectivity index (χ0v) is 7.42. The molecule has 0 fully saturated rings. The molecular weight excluding hydrogens is 215 g/mol. The smallest absolute Gasteiger partial charge is 0.310 e. The van der Waals surface area contributed by atoms with Crippen molar-refractivity contribution in [3.8, 4) is 0 Å². The third kappa shape index (κ3) is 2.40. The highest BCUT2D eigenvalue weighted by Gasteiger charge is 2.11. The Balaban J connectivity index is 3.01. The van der Waals surface area contributed by atoms with Gasteiger partial charge < -0.3 is 5.32 Å². The fourth-order valence-electron chi connectivity index (χ4n) is 0.825. The SMILES string of the molecule is O=C(Cl)Nc1ccc([N+](=O)[O-])cc1F. The number of nitrogens with one attached hydrogen (secondary N) is 1. The molecule has 0 radical (unpaired) electrons. The number of halogens is 2. The summed E-state index contributed by atoms with van der Waals surface area (Å²) in [6, 6.07) is 2.82. The number of anilines is 1. The largest absolute Gasteiger partial charge is 0.318 e. The van der Waals surface area contributed by atoms with Gasteiger partial charge in [0.05, 0.1) is 16.7 Å². The Morgan fingerprint density at radius 2 is 2.21 bits per heavy atom. The summed E-state index contributed by atoms with van der Waals surface area (Å²) in [7, 11) is 0. The number of non-ortho nitro benzene ring substituents is 1. The molecule has 1 rings (SSSR count). The molecule has 0 unspecified atom stereocenters. The molecule has 14 heavy (non-hydrogen) atoms. The Labute approximate surface area is 82.6 Å². The van der Waals surface area contributed by atoms with E-state index in [2.05, 4.69) is 0 Å². The van der Waals surface area contributed by atoms with Crippen LogP contribution in [0.25, 0.3) is 0 Å². The van der Waals surface area contributed by atoms with Gasteiger partial charge in [-0.2, -0.15) is 0 Å². The Morgan fingerprint density at radius 1 is 1.57 bits per heavy atom. The molecule has 1 aromatic carbocycles. The fourth-order valence-corrected chi connectivity index (χ4v) is 0.927. The van der Waals surface area contributed by atoms with Crippen LogP contribution in [0, 0.1) is 15.9 Å². The number of nitro benzene ring substituents is 1. The lowest BCUT2D eigenvalue weighted by Crippen LogP contribution is -2.03. The summed E-state index contributed by atoms with van der Waals surface area (Å²) in [5.74, 6) is -0.909. The maximum Gasteiger partial charge on any atom is 0.318 e. The van der Waals surface area contributed by atoms with E-state index in [0.717, 1.165) is 12.1 Å². The van der Waals surface area contributed by atoms with E-state index in [-0.39, 0.29) is 5.69 Å². The number of hydrogen-bond donors (Lipinski definition) is 1. The van der Waals surface area contributed by atoms with Crippen LogP contribution in [-0.2, 0) is 0 Å². The molecule has 1 N–H and O–H groups in total. The molecule has 0 aliphatic carbocycles. The maximum atomic E-state index is 13.0. The first-order chi connectivity index (χ1) is 6.50. The number of carbonyl (C=O) groups excluding carboxylic acids is 1. The molecule has 0 aliphatic heterocycles. The number of rotatable bonds is 2. The standard InChI is InChI=1S/C7H4ClFN2O3/c8-7(12)10-6-2-1-4(11(13)14)3-5(6)9/h1-3H,(H,10,12). The van der Waals surface area contributed by atoms with E-state index in [1.807, 2.05) is 5.32 Å². The normalized spacial score (nSPS) is 9.57. The van der Waals surface area contributed by atoms with Crippen LogP contribution in [0.5, 0.6) is 0 Å². The van der Waals surface area contributed by atoms with E-state index in [0.29, 0.717) is 6.07 Å². The van der Waals surface area contributed by atoms with Gasteiger partial charge in [-0.1, -0.05) is 0 Å². The number of nitrogens with zero attached hydrogens (tertiary/aromatic N) is 1. The molecule has 1 amide bonds. The second-order valence-corrected chi connectivity index (χ2v) is 2.66. The summed E-state index contributed by atoms with van der Waals surface area (Å²) < 4.78 is 13.0. The highest BCUT2D eigenvalue weighted by Crippen LogP contribution is 2.20. The van der Waals surface area contributed by atoms with Crippen molar-refractivity contribution in [2.24, 2.45) is 0 Å². The van der Waals surface area contributed by atoms with Crippen LogP contribution in [0.2, 0.25) is 0 Å². The van der Waals surface area contributed by atoms with Crippen molar-refractivity contribution in [1.82, 2.24) is 0 Å². The van der Waals surface area contributed by atoms with Crippen molar-refractivity contribution in [2.75, 3.05) is 5.32 Å². The summed E-state index contributed by atoms with van der Waals surface area (Å²) in [5.41, 5.74) is -0.592. The van der Waals surface area contributed by atoms with Gasteiger partial charge >= 0.3 is 5.37 Å². The Hall–Kier alpha value is -1.69. The predicted octanol–water partition coefficient (Wildman–Crippen LogP) is 2.50. The van der Waals surface area contributed by atoms with E-state index in [1.54, 1.807) is 0 Å². The van der Waals surface area contributed by atoms with Gasteiger partial charge in [0.2, 0.25) is 0 Å². The lowest BCUT2D eigenvalue weighted by atomic mass is 10.3. The topological polar surface area (TPSA) is 72.2 Å². The molecule has 0 saturated carbocycles. The molecule has 0 aliphatic rings. The Kier molecular flexibility index (Phi) is 2.98. The average Bonchev–Trinajstić information content (AvgIpc) is 2.07. The lowest BCUT2D eigenvalue weighted by Gasteiger charge is -2.01. The zero-order valence-electron chi connectivity index (χ0n) is 6.66. The monoisotopic (exact) mass is 218 g/mol. The summed E-state index contributed by atoms with van der Waals surface area (Å²) in [6.07, 6.45) is 0. The van der Waals surface area contributed by atoms with E-state index in [4.69, 9.17) is 11.6 Å². The first-order valence-electron chi connectivity index (χ1n) is 3.41. The minimum atomic E-state index is -0.960. The van der Waals surface area contributed by atoms with Crippen molar-refractivity contribution in [3.63, 3.8) is 0 Å². The van der Waals surface area contributed by atoms with Crippen LogP contribution in [0.1, 0.15) is 0 Å². The van der Waals surface area contributed by atoms with E-state index in [9.17, 15) is 19.3 Å². The molecule has 7 heteroatoms. The first-order valence-corrected chi connectivity index (χ1v) is 3.79. The minimum Gasteiger partial charge on any atom is -0.310 e. The summed E-state index contributed by atoms with van der Waals surface area (Å²) in [5, 5.41) is 11.2. The molecule has 5 nitrogen and oxygen atoms in total. The van der Waals surface area contributed by atoms with E-state index >= 15 is 0 Å². The van der Waals surface area contributed by atoms with E-state index in [1.165, 1.54) is 0 Å². The van der Waals surface area contributed by atoms with Gasteiger partial charge in [0.1, 0.15) is 0 Å². The second kappa shape index (κ2) is 4.01. The second-order valence-electron chi connectivity index (χ2n) is 2.32. The van der Waals surface area contributed by atoms with Gasteiger partial charge in [-0.05, 0) is 17.7 Å². The van der Waals surface area contributed by atoms with Crippen molar-refractivity contribution in [2.45, 2.75) is 0 Å². The third-order valence-corrected chi connectivity index (χ3v) is 1.49. The predicted molar refractivity (Wildman–Crippen MR) is 47.9 cm³/mol. The summed E-state index contributed by atoms with van der Waals surface area (Å²) >= 11 is 4.94. The van der Waals surface area contributed by atoms with Gasteiger partial charge in [0, 0.05) is 6.07 Å². The van der Waals surface area contributed by atoms with Crippen molar-refractivity contribution < 1.29 is 14.1 Å². The molecule has 0 aromatic heterocycles. The molecule has 0 spiro atoms. The molecule has 0 atom stereocenters. The number of hydrogen-bond acceptors (Lipinski definition) is 3. The number of amides is 1. The Bertz CT molecular complexity index is 397. The van der Waals surface area contributed by atoms with Crippen LogP contribution in [0.15, 0.2) is 18.2 Å². The summed E-state index contributed by atoms with van der Waals surface area (Å²) in [4.78, 5) is 19.8. The molecule has 74 valence electrons. The molecule has 0 bridgehead atoms. The fraction of sp³-hybridized carbons (Fsp3) is 0. The third-order valence-electron chi connectivity index (χ3n) is 1.40. The molecule has 0 saturated heterocycles. The number of carbonyl (C=O) groups is 1. The highest BCUT2D eigenvalue weighted by atomic mass is 35.5. The van der Waals surface area contributed by atoms with Crippen LogP contribution >= 0.6 is 11.6 Å². The minimum absolute atomic E-state index is 0.199. The molecule has 1 aromatic rings. The zero-order chi connectivity index (χ0) is 10.7. The lowest BCUT2D eigenvalue weighted by molar-refractivity contribution is -0.385. The van der Waals surface area contributed by atoms with Crippen LogP contribution in [0.3, 0.4) is 0 Å². The quantitative estimate of drug-likeness (QED) is 0.359. The van der Waals surface area contributed by atoms with Gasteiger partial charge in [0.25, 0.3) is 5.69 Å². The van der Waals surface area contributed by atoms with Crippen LogP contribution in [-0.4, -0.2) is 10.3 Å².